The number of hydrogen-bond donors (Lipinski definition) is 1. The molecule has 0 spiro atoms. The highest BCUT2D eigenvalue weighted by atomic mass is 16.5. The molecule has 1 rings (SSSR count). The van der Waals surface area contributed by atoms with Crippen LogP contribution in [0.25, 0.3) is 0 Å². The Morgan fingerprint density at radius 2 is 1.65 bits per heavy atom. The van der Waals surface area contributed by atoms with Crippen molar-refractivity contribution in [2.24, 2.45) is 5.92 Å². The summed E-state index contributed by atoms with van der Waals surface area (Å²) in [6.45, 7) is 22.4. The van der Waals surface area contributed by atoms with Crippen molar-refractivity contribution in [2.75, 3.05) is 26.2 Å². The lowest BCUT2D eigenvalue weighted by Crippen LogP contribution is -2.51. The van der Waals surface area contributed by atoms with Gasteiger partial charge >= 0.3 is 0 Å². The quantitative estimate of drug-likeness (QED) is 0.692. The van der Waals surface area contributed by atoms with E-state index in [4.69, 9.17) is 4.74 Å². The van der Waals surface area contributed by atoms with E-state index in [0.717, 1.165) is 26.2 Å². The Hall–Kier alpha value is -0.640. The lowest BCUT2D eigenvalue weighted by molar-refractivity contribution is -0.0792. The average molecular weight is 280 g/mol. The molecule has 0 amide bonds. The Morgan fingerprint density at radius 3 is 2.10 bits per heavy atom. The Balaban J connectivity index is 2.91. The molecule has 0 radical (unpaired) electrons. The second-order valence-corrected chi connectivity index (χ2v) is 6.75. The van der Waals surface area contributed by atoms with Crippen molar-refractivity contribution in [1.29, 1.82) is 0 Å². The summed E-state index contributed by atoms with van der Waals surface area (Å²) >= 11 is 0. The molecular weight excluding hydrogens is 248 g/mol. The Bertz CT molecular complexity index is 326. The van der Waals surface area contributed by atoms with Gasteiger partial charge in [0.05, 0.1) is 11.2 Å². The minimum absolute atomic E-state index is 0.128. The third-order valence-electron chi connectivity index (χ3n) is 4.22. The minimum Gasteiger partial charge on any atom is -0.368 e. The van der Waals surface area contributed by atoms with E-state index in [1.54, 1.807) is 0 Å². The van der Waals surface area contributed by atoms with Crippen LogP contribution in [0, 0.1) is 5.92 Å². The van der Waals surface area contributed by atoms with Gasteiger partial charge in [-0.1, -0.05) is 19.1 Å². The van der Waals surface area contributed by atoms with Crippen LogP contribution in [0.3, 0.4) is 0 Å². The summed E-state index contributed by atoms with van der Waals surface area (Å²) in [5.74, 6) is 0.442. The molecule has 20 heavy (non-hydrogen) atoms. The molecule has 3 heteroatoms. The van der Waals surface area contributed by atoms with Crippen molar-refractivity contribution in [2.45, 2.75) is 51.9 Å². The predicted octanol–water partition coefficient (Wildman–Crippen LogP) is 2.84. The Morgan fingerprint density at radius 1 is 1.10 bits per heavy atom. The van der Waals surface area contributed by atoms with Crippen LogP contribution in [0.5, 0.6) is 0 Å². The maximum Gasteiger partial charge on any atom is 0.0790 e. The summed E-state index contributed by atoms with van der Waals surface area (Å²) in [4.78, 5) is 2.38. The van der Waals surface area contributed by atoms with Gasteiger partial charge in [0.1, 0.15) is 0 Å². The van der Waals surface area contributed by atoms with E-state index >= 15 is 0 Å². The van der Waals surface area contributed by atoms with E-state index in [-0.39, 0.29) is 11.2 Å². The first-order valence-corrected chi connectivity index (χ1v) is 7.66. The maximum atomic E-state index is 6.33. The van der Waals surface area contributed by atoms with Crippen LogP contribution in [0.15, 0.2) is 25.3 Å². The normalized spacial score (nSPS) is 27.7. The molecule has 1 aliphatic rings. The zero-order valence-electron chi connectivity index (χ0n) is 13.9. The summed E-state index contributed by atoms with van der Waals surface area (Å²) in [7, 11) is 0. The van der Waals surface area contributed by atoms with E-state index in [1.165, 1.54) is 0 Å². The van der Waals surface area contributed by atoms with E-state index < -0.39 is 0 Å². The Labute approximate surface area is 125 Å². The first kappa shape index (κ1) is 17.4. The molecule has 0 aliphatic carbocycles. The van der Waals surface area contributed by atoms with Crippen LogP contribution in [0.1, 0.15) is 34.6 Å². The van der Waals surface area contributed by atoms with E-state index in [1.807, 2.05) is 12.2 Å². The van der Waals surface area contributed by atoms with E-state index in [0.29, 0.717) is 12.0 Å². The van der Waals surface area contributed by atoms with Gasteiger partial charge in [-0.2, -0.15) is 0 Å². The monoisotopic (exact) mass is 280 g/mol. The van der Waals surface area contributed by atoms with Gasteiger partial charge in [-0.25, -0.2) is 0 Å². The van der Waals surface area contributed by atoms with Crippen LogP contribution in [0.4, 0.5) is 0 Å². The van der Waals surface area contributed by atoms with Gasteiger partial charge < -0.3 is 10.1 Å². The highest BCUT2D eigenvalue weighted by Gasteiger charge is 2.53. The van der Waals surface area contributed by atoms with Gasteiger partial charge in [-0.05, 0) is 34.2 Å². The molecule has 0 aromatic heterocycles. The number of nitrogens with zero attached hydrogens (tertiary/aromatic N) is 1. The third kappa shape index (κ3) is 3.94. The average Bonchev–Trinajstić information content (AvgIpc) is 2.48. The summed E-state index contributed by atoms with van der Waals surface area (Å²) in [6, 6.07) is 0.361. The molecule has 1 fully saturated rings. The summed E-state index contributed by atoms with van der Waals surface area (Å²) < 4.78 is 6.33. The van der Waals surface area contributed by atoms with Crippen LogP contribution in [-0.4, -0.2) is 48.3 Å². The SMILES string of the molecule is C=CCN(CC=C)CC1C(NCC)C(C)(C)OC1(C)C. The van der Waals surface area contributed by atoms with Gasteiger partial charge in [0, 0.05) is 31.6 Å². The summed E-state index contributed by atoms with van der Waals surface area (Å²) in [5, 5.41) is 3.63. The van der Waals surface area contributed by atoms with Crippen molar-refractivity contribution in [3.8, 4) is 0 Å². The zero-order chi connectivity index (χ0) is 15.4. The fourth-order valence-corrected chi connectivity index (χ4v) is 3.50. The van der Waals surface area contributed by atoms with Crippen LogP contribution in [0.2, 0.25) is 0 Å². The van der Waals surface area contributed by atoms with Crippen molar-refractivity contribution in [1.82, 2.24) is 10.2 Å². The predicted molar refractivity (Wildman–Crippen MR) is 87.0 cm³/mol. The topological polar surface area (TPSA) is 24.5 Å². The van der Waals surface area contributed by atoms with Crippen LogP contribution in [-0.2, 0) is 4.74 Å². The van der Waals surface area contributed by atoms with Crippen molar-refractivity contribution >= 4 is 0 Å². The van der Waals surface area contributed by atoms with Gasteiger partial charge in [-0.15, -0.1) is 13.2 Å². The number of nitrogens with one attached hydrogen (secondary N) is 1. The molecule has 0 bridgehead atoms. The second-order valence-electron chi connectivity index (χ2n) is 6.75. The van der Waals surface area contributed by atoms with Gasteiger partial charge in [-0.3, -0.25) is 4.90 Å². The van der Waals surface area contributed by atoms with Crippen molar-refractivity contribution in [3.63, 3.8) is 0 Å². The number of rotatable bonds is 8. The summed E-state index contributed by atoms with van der Waals surface area (Å²) in [6.07, 6.45) is 3.92. The van der Waals surface area contributed by atoms with Gasteiger partial charge in [0.2, 0.25) is 0 Å². The molecule has 1 N–H and O–H groups in total. The van der Waals surface area contributed by atoms with Crippen molar-refractivity contribution in [3.05, 3.63) is 25.3 Å². The molecular formula is C17H32N2O. The Kier molecular flexibility index (Phi) is 5.99. The highest BCUT2D eigenvalue weighted by Crippen LogP contribution is 2.42. The van der Waals surface area contributed by atoms with Gasteiger partial charge in [0.25, 0.3) is 0 Å². The number of likely N-dealkylation sites (N-methyl/N-ethyl adjacent to an activating group) is 1. The second kappa shape index (κ2) is 6.88. The summed E-state index contributed by atoms with van der Waals surface area (Å²) in [5.41, 5.74) is -0.269. The third-order valence-corrected chi connectivity index (χ3v) is 4.22. The standard InChI is InChI=1S/C17H32N2O/c1-8-11-19(12-9-2)13-14-15(18-10-3)17(6,7)20-16(14,4)5/h8-9,14-15,18H,1-2,10-13H2,3-7H3. The smallest absolute Gasteiger partial charge is 0.0790 e. The molecule has 1 aliphatic heterocycles. The maximum absolute atomic E-state index is 6.33. The molecule has 3 nitrogen and oxygen atoms in total. The zero-order valence-corrected chi connectivity index (χ0v) is 13.9. The van der Waals surface area contributed by atoms with Crippen LogP contribution >= 0.6 is 0 Å². The number of ether oxygens (including phenoxy) is 1. The molecule has 2 unspecified atom stereocenters. The first-order chi connectivity index (χ1) is 9.28. The molecule has 2 atom stereocenters. The molecule has 116 valence electrons. The van der Waals surface area contributed by atoms with Crippen molar-refractivity contribution < 1.29 is 4.74 Å². The number of hydrogen-bond acceptors (Lipinski definition) is 3. The highest BCUT2D eigenvalue weighted by molar-refractivity contribution is 5.06. The van der Waals surface area contributed by atoms with E-state index in [2.05, 4.69) is 58.0 Å². The molecule has 0 aromatic carbocycles. The fourth-order valence-electron chi connectivity index (χ4n) is 3.50. The lowest BCUT2D eigenvalue weighted by Gasteiger charge is -2.34. The lowest BCUT2D eigenvalue weighted by atomic mass is 9.82. The van der Waals surface area contributed by atoms with Gasteiger partial charge in [0.15, 0.2) is 0 Å². The molecule has 1 heterocycles. The molecule has 0 aromatic rings. The first-order valence-electron chi connectivity index (χ1n) is 7.66. The molecule has 1 saturated heterocycles. The van der Waals surface area contributed by atoms with Crippen LogP contribution < -0.4 is 5.32 Å². The fraction of sp³-hybridized carbons (Fsp3) is 0.765. The largest absolute Gasteiger partial charge is 0.368 e. The molecule has 0 saturated carbocycles. The van der Waals surface area contributed by atoms with E-state index in [9.17, 15) is 0 Å². The minimum atomic E-state index is -0.141.